The summed E-state index contributed by atoms with van der Waals surface area (Å²) in [7, 11) is -2.08. The fourth-order valence-electron chi connectivity index (χ4n) is 2.40. The highest BCUT2D eigenvalue weighted by Gasteiger charge is 2.34. The minimum absolute atomic E-state index is 0.0797. The Kier molecular flexibility index (Phi) is 5.57. The van der Waals surface area contributed by atoms with E-state index >= 15 is 0 Å². The van der Waals surface area contributed by atoms with Crippen LogP contribution in [0.15, 0.2) is 23.4 Å². The Morgan fingerprint density at radius 2 is 2.04 bits per heavy atom. The number of halogens is 3. The second kappa shape index (κ2) is 7.16. The quantitative estimate of drug-likeness (QED) is 0.800. The van der Waals surface area contributed by atoms with Gasteiger partial charge in [-0.05, 0) is 25.8 Å². The molecule has 140 valence electrons. The van der Waals surface area contributed by atoms with E-state index in [-0.39, 0.29) is 17.5 Å². The number of aryl methyl sites for hydroxylation is 1. The van der Waals surface area contributed by atoms with Crippen molar-refractivity contribution in [3.05, 3.63) is 29.8 Å². The molecule has 0 unspecified atom stereocenters. The van der Waals surface area contributed by atoms with Gasteiger partial charge in [-0.3, -0.25) is 9.36 Å². The average molecular weight is 379 g/mol. The van der Waals surface area contributed by atoms with Crippen LogP contribution in [0.5, 0.6) is 0 Å². The summed E-state index contributed by atoms with van der Waals surface area (Å²) < 4.78 is 67.6. The normalized spacial score (nSPS) is 14.0. The van der Waals surface area contributed by atoms with Gasteiger partial charge in [0.2, 0.25) is 10.0 Å². The fraction of sp³-hybridized carbons (Fsp3) is 0.571. The zero-order chi connectivity index (χ0) is 18.8. The summed E-state index contributed by atoms with van der Waals surface area (Å²) in [5, 5.41) is 7.44. The van der Waals surface area contributed by atoms with Gasteiger partial charge in [-0.2, -0.15) is 23.4 Å². The van der Waals surface area contributed by atoms with Crippen LogP contribution in [0.25, 0.3) is 0 Å². The van der Waals surface area contributed by atoms with E-state index in [4.69, 9.17) is 0 Å². The summed E-state index contributed by atoms with van der Waals surface area (Å²) in [6.07, 6.45) is -1.14. The summed E-state index contributed by atoms with van der Waals surface area (Å²) in [5.41, 5.74) is -0.459. The van der Waals surface area contributed by atoms with E-state index < -0.39 is 21.9 Å². The minimum atomic E-state index is -4.50. The van der Waals surface area contributed by atoms with Gasteiger partial charge in [0.1, 0.15) is 4.90 Å². The van der Waals surface area contributed by atoms with E-state index in [1.165, 1.54) is 21.8 Å². The Balaban J connectivity index is 2.02. The average Bonchev–Trinajstić information content (AvgIpc) is 3.12. The molecule has 0 saturated carbocycles. The molecule has 0 saturated heterocycles. The molecule has 1 N–H and O–H groups in total. The van der Waals surface area contributed by atoms with Crippen LogP contribution in [0.3, 0.4) is 0 Å². The molecule has 0 aromatic carbocycles. The molecule has 2 aromatic rings. The molecule has 0 fully saturated rings. The number of nitrogens with one attached hydrogen (secondary N) is 1. The van der Waals surface area contributed by atoms with Crippen LogP contribution >= 0.6 is 0 Å². The van der Waals surface area contributed by atoms with Crippen LogP contribution in [0, 0.1) is 6.92 Å². The minimum Gasteiger partial charge on any atom is -0.272 e. The third kappa shape index (κ3) is 4.40. The first-order chi connectivity index (χ1) is 11.6. The van der Waals surface area contributed by atoms with Crippen molar-refractivity contribution >= 4 is 10.0 Å². The van der Waals surface area contributed by atoms with Gasteiger partial charge in [0.25, 0.3) is 0 Å². The standard InChI is InChI=1S/C14H20F3N5O2S/c1-4-11(22-8-6-13(20-22)14(15,16)17)5-7-19-25(23,24)12-9-18-21(3)10(12)2/h6,8-9,11,19H,4-5,7H2,1-3H3/t11-/m0/s1. The van der Waals surface area contributed by atoms with Crippen LogP contribution in [-0.2, 0) is 23.2 Å². The summed E-state index contributed by atoms with van der Waals surface area (Å²) >= 11 is 0. The highest BCUT2D eigenvalue weighted by molar-refractivity contribution is 7.89. The molecule has 0 aliphatic carbocycles. The topological polar surface area (TPSA) is 81.8 Å². The molecular weight excluding hydrogens is 359 g/mol. The smallest absolute Gasteiger partial charge is 0.272 e. The maximum Gasteiger partial charge on any atom is 0.435 e. The lowest BCUT2D eigenvalue weighted by Gasteiger charge is -2.16. The molecule has 0 aliphatic heterocycles. The maximum atomic E-state index is 12.6. The molecule has 25 heavy (non-hydrogen) atoms. The first-order valence-corrected chi connectivity index (χ1v) is 9.15. The number of alkyl halides is 3. The predicted octanol–water partition coefficient (Wildman–Crippen LogP) is 2.26. The van der Waals surface area contributed by atoms with Crippen molar-refractivity contribution < 1.29 is 21.6 Å². The van der Waals surface area contributed by atoms with Crippen molar-refractivity contribution in [3.63, 3.8) is 0 Å². The Morgan fingerprint density at radius 3 is 2.52 bits per heavy atom. The zero-order valence-corrected chi connectivity index (χ0v) is 14.9. The van der Waals surface area contributed by atoms with Crippen LogP contribution in [-0.4, -0.2) is 34.5 Å². The van der Waals surface area contributed by atoms with Crippen molar-refractivity contribution in [1.82, 2.24) is 24.3 Å². The first-order valence-electron chi connectivity index (χ1n) is 7.67. The Labute approximate surface area is 143 Å². The molecular formula is C14H20F3N5O2S. The Morgan fingerprint density at radius 1 is 1.36 bits per heavy atom. The van der Waals surface area contributed by atoms with Crippen molar-refractivity contribution in [2.75, 3.05) is 6.54 Å². The number of aromatic nitrogens is 4. The molecule has 0 bridgehead atoms. The van der Waals surface area contributed by atoms with Crippen LogP contribution in [0.2, 0.25) is 0 Å². The van der Waals surface area contributed by atoms with Gasteiger partial charge in [-0.25, -0.2) is 13.1 Å². The van der Waals surface area contributed by atoms with Crippen molar-refractivity contribution in [1.29, 1.82) is 0 Å². The number of rotatable bonds is 7. The summed E-state index contributed by atoms with van der Waals surface area (Å²) in [5.74, 6) is 0. The van der Waals surface area contributed by atoms with Crippen molar-refractivity contribution in [2.45, 2.75) is 43.8 Å². The third-order valence-electron chi connectivity index (χ3n) is 3.99. The molecule has 2 heterocycles. The number of sulfonamides is 1. The van der Waals surface area contributed by atoms with E-state index in [0.717, 1.165) is 6.07 Å². The molecule has 2 rings (SSSR count). The zero-order valence-electron chi connectivity index (χ0n) is 14.1. The Hall–Kier alpha value is -1.88. The van der Waals surface area contributed by atoms with Crippen molar-refractivity contribution in [3.8, 4) is 0 Å². The van der Waals surface area contributed by atoms with E-state index in [0.29, 0.717) is 18.5 Å². The number of hydrogen-bond donors (Lipinski definition) is 1. The van der Waals surface area contributed by atoms with Crippen LogP contribution in [0.4, 0.5) is 13.2 Å². The van der Waals surface area contributed by atoms with Gasteiger partial charge >= 0.3 is 6.18 Å². The molecule has 0 spiro atoms. The van der Waals surface area contributed by atoms with Gasteiger partial charge in [0, 0.05) is 19.8 Å². The van der Waals surface area contributed by atoms with Gasteiger partial charge in [0.05, 0.1) is 17.9 Å². The maximum absolute atomic E-state index is 12.6. The fourth-order valence-corrected chi connectivity index (χ4v) is 3.65. The highest BCUT2D eigenvalue weighted by atomic mass is 32.2. The highest BCUT2D eigenvalue weighted by Crippen LogP contribution is 2.28. The Bertz CT molecular complexity index is 826. The van der Waals surface area contributed by atoms with Crippen LogP contribution < -0.4 is 4.72 Å². The predicted molar refractivity (Wildman–Crippen MR) is 84.3 cm³/mol. The van der Waals surface area contributed by atoms with Crippen LogP contribution in [0.1, 0.15) is 37.2 Å². The summed E-state index contributed by atoms with van der Waals surface area (Å²) in [6.45, 7) is 3.52. The summed E-state index contributed by atoms with van der Waals surface area (Å²) in [4.78, 5) is 0.0847. The number of hydrogen-bond acceptors (Lipinski definition) is 4. The van der Waals surface area contributed by atoms with E-state index in [9.17, 15) is 21.6 Å². The second-order valence-electron chi connectivity index (χ2n) is 5.65. The molecule has 0 radical (unpaired) electrons. The lowest BCUT2D eigenvalue weighted by molar-refractivity contribution is -0.141. The SMILES string of the molecule is CC[C@@H](CCNS(=O)(=O)c1cnn(C)c1C)n1ccc(C(F)(F)F)n1. The molecule has 0 aliphatic rings. The van der Waals surface area contributed by atoms with Gasteiger partial charge in [-0.15, -0.1) is 0 Å². The van der Waals surface area contributed by atoms with E-state index in [2.05, 4.69) is 14.9 Å². The van der Waals surface area contributed by atoms with Gasteiger partial charge < -0.3 is 0 Å². The lowest BCUT2D eigenvalue weighted by atomic mass is 10.1. The number of nitrogens with zero attached hydrogens (tertiary/aromatic N) is 4. The van der Waals surface area contributed by atoms with E-state index in [1.807, 2.05) is 0 Å². The first kappa shape index (κ1) is 19.4. The van der Waals surface area contributed by atoms with Gasteiger partial charge in [-0.1, -0.05) is 6.92 Å². The second-order valence-corrected chi connectivity index (χ2v) is 7.38. The molecule has 0 amide bonds. The monoisotopic (exact) mass is 379 g/mol. The molecule has 7 nitrogen and oxygen atoms in total. The lowest BCUT2D eigenvalue weighted by Crippen LogP contribution is -2.27. The van der Waals surface area contributed by atoms with Crippen molar-refractivity contribution in [2.24, 2.45) is 7.05 Å². The third-order valence-corrected chi connectivity index (χ3v) is 5.56. The van der Waals surface area contributed by atoms with E-state index in [1.54, 1.807) is 20.9 Å². The molecule has 2 aromatic heterocycles. The summed E-state index contributed by atoms with van der Waals surface area (Å²) in [6, 6.07) is 0.569. The largest absolute Gasteiger partial charge is 0.435 e. The van der Waals surface area contributed by atoms with Gasteiger partial charge in [0.15, 0.2) is 5.69 Å². The molecule has 11 heteroatoms. The molecule has 1 atom stereocenters.